The number of amides is 2. The van der Waals surface area contributed by atoms with E-state index >= 15 is 0 Å². The normalized spacial score (nSPS) is 10.4. The van der Waals surface area contributed by atoms with Crippen LogP contribution in [-0.4, -0.2) is 41.9 Å². The minimum atomic E-state index is -1.16. The van der Waals surface area contributed by atoms with Crippen molar-refractivity contribution in [2.24, 2.45) is 5.73 Å². The number of hydrogen-bond acceptors (Lipinski definition) is 7. The second-order valence-electron chi connectivity index (χ2n) is 8.60. The highest BCUT2D eigenvalue weighted by molar-refractivity contribution is 6.31. The molecule has 0 aromatic heterocycles. The number of carboxylic acids is 1. The minimum absolute atomic E-state index is 0.0838. The van der Waals surface area contributed by atoms with Crippen molar-refractivity contribution in [2.45, 2.75) is 26.9 Å². The fourth-order valence-corrected chi connectivity index (χ4v) is 3.90. The lowest BCUT2D eigenvalue weighted by molar-refractivity contribution is -0.139. The van der Waals surface area contributed by atoms with Crippen LogP contribution in [0.3, 0.4) is 0 Å². The molecule has 210 valence electrons. The molecular formula is C28H30ClN5O6. The third-order valence-corrected chi connectivity index (χ3v) is 5.76. The number of hydrogen-bond donors (Lipinski definition) is 6. The number of anilines is 2. The molecule has 3 rings (SSSR count). The summed E-state index contributed by atoms with van der Waals surface area (Å²) in [6, 6.07) is 14.7. The highest BCUT2D eigenvalue weighted by Gasteiger charge is 2.18. The van der Waals surface area contributed by atoms with E-state index in [0.717, 1.165) is 0 Å². The van der Waals surface area contributed by atoms with Crippen molar-refractivity contribution in [1.82, 2.24) is 5.32 Å². The molecule has 0 aliphatic heterocycles. The lowest BCUT2D eigenvalue weighted by Gasteiger charge is -2.19. The van der Waals surface area contributed by atoms with E-state index in [2.05, 4.69) is 16.0 Å². The van der Waals surface area contributed by atoms with E-state index in [1.165, 1.54) is 13.0 Å². The first-order valence-corrected chi connectivity index (χ1v) is 12.6. The van der Waals surface area contributed by atoms with Crippen molar-refractivity contribution in [1.29, 1.82) is 5.41 Å². The molecule has 3 aromatic carbocycles. The zero-order valence-corrected chi connectivity index (χ0v) is 22.7. The molecule has 40 heavy (non-hydrogen) atoms. The van der Waals surface area contributed by atoms with Gasteiger partial charge in [-0.1, -0.05) is 11.6 Å². The second-order valence-corrected chi connectivity index (χ2v) is 9.03. The number of carboxylic acid groups (broad SMARTS) is 1. The van der Waals surface area contributed by atoms with Crippen LogP contribution in [0.15, 0.2) is 54.6 Å². The van der Waals surface area contributed by atoms with Gasteiger partial charge in [-0.3, -0.25) is 15.0 Å². The number of halogens is 1. The molecule has 0 radical (unpaired) electrons. The number of aliphatic carboxylic acids is 1. The monoisotopic (exact) mass is 567 g/mol. The maximum absolute atomic E-state index is 13.2. The Kier molecular flexibility index (Phi) is 10.3. The summed E-state index contributed by atoms with van der Waals surface area (Å²) in [5, 5.41) is 25.8. The number of amidine groups is 1. The third kappa shape index (κ3) is 8.37. The summed E-state index contributed by atoms with van der Waals surface area (Å²) in [5.41, 5.74) is 8.49. The maximum atomic E-state index is 13.2. The predicted octanol–water partition coefficient (Wildman–Crippen LogP) is 3.99. The molecule has 0 aliphatic rings. The van der Waals surface area contributed by atoms with Gasteiger partial charge < -0.3 is 36.3 Å². The molecule has 0 fully saturated rings. The summed E-state index contributed by atoms with van der Waals surface area (Å²) >= 11 is 6.20. The molecule has 0 heterocycles. The minimum Gasteiger partial charge on any atom is -0.490 e. The van der Waals surface area contributed by atoms with Gasteiger partial charge in [0.1, 0.15) is 5.84 Å². The Morgan fingerprint density at radius 3 is 2.38 bits per heavy atom. The van der Waals surface area contributed by atoms with Crippen molar-refractivity contribution in [2.75, 3.05) is 23.8 Å². The van der Waals surface area contributed by atoms with Gasteiger partial charge in [-0.05, 0) is 67.1 Å². The standard InChI is InChI=1S/C28H30ClN5O6/c1-3-39-24-11-17(13-32-16(2)35)10-19(26(24)40-15-25(36)37)14-33-23-9-6-20(29)12-22(23)28(38)34-21-7-4-18(5-8-21)27(30)31/h4-12,33H,3,13-15H2,1-2H3,(H3,30,31)(H,32,35)(H,34,38)(H,36,37). The molecule has 0 saturated heterocycles. The number of carbonyl (C=O) groups is 3. The number of benzene rings is 3. The summed E-state index contributed by atoms with van der Waals surface area (Å²) in [4.78, 5) is 35.9. The molecule has 12 heteroatoms. The number of rotatable bonds is 13. The van der Waals surface area contributed by atoms with Gasteiger partial charge >= 0.3 is 5.97 Å². The summed E-state index contributed by atoms with van der Waals surface area (Å²) < 4.78 is 11.3. The number of nitrogen functional groups attached to an aromatic ring is 1. The van der Waals surface area contributed by atoms with E-state index in [1.54, 1.807) is 55.5 Å². The summed E-state index contributed by atoms with van der Waals surface area (Å²) in [5.74, 6) is -1.33. The highest BCUT2D eigenvalue weighted by atomic mass is 35.5. The number of ether oxygens (including phenoxy) is 2. The Labute approximate surface area is 236 Å². The Balaban J connectivity index is 1.91. The van der Waals surface area contributed by atoms with Crippen LogP contribution < -0.4 is 31.2 Å². The van der Waals surface area contributed by atoms with Crippen molar-refractivity contribution in [3.05, 3.63) is 81.9 Å². The van der Waals surface area contributed by atoms with E-state index in [-0.39, 0.29) is 36.1 Å². The van der Waals surface area contributed by atoms with Gasteiger partial charge in [0, 0.05) is 47.5 Å². The van der Waals surface area contributed by atoms with E-state index in [1.807, 2.05) is 0 Å². The van der Waals surface area contributed by atoms with Gasteiger partial charge in [0.05, 0.1) is 12.2 Å². The van der Waals surface area contributed by atoms with E-state index in [4.69, 9.17) is 32.2 Å². The molecule has 0 spiro atoms. The molecule has 0 atom stereocenters. The lowest BCUT2D eigenvalue weighted by Crippen LogP contribution is -2.20. The number of nitrogens with one attached hydrogen (secondary N) is 4. The summed E-state index contributed by atoms with van der Waals surface area (Å²) in [7, 11) is 0. The fraction of sp³-hybridized carbons (Fsp3) is 0.214. The first kappa shape index (κ1) is 29.8. The highest BCUT2D eigenvalue weighted by Crippen LogP contribution is 2.34. The third-order valence-electron chi connectivity index (χ3n) is 5.52. The fourth-order valence-electron chi connectivity index (χ4n) is 3.72. The van der Waals surface area contributed by atoms with Gasteiger partial charge in [0.25, 0.3) is 5.91 Å². The van der Waals surface area contributed by atoms with Crippen molar-refractivity contribution in [3.63, 3.8) is 0 Å². The topological polar surface area (TPSA) is 176 Å². The first-order valence-electron chi connectivity index (χ1n) is 12.2. The van der Waals surface area contributed by atoms with Crippen LogP contribution in [0.1, 0.15) is 40.9 Å². The predicted molar refractivity (Wildman–Crippen MR) is 152 cm³/mol. The van der Waals surface area contributed by atoms with E-state index in [9.17, 15) is 19.5 Å². The Hall–Kier alpha value is -4.77. The summed E-state index contributed by atoms with van der Waals surface area (Å²) in [6.07, 6.45) is 0. The van der Waals surface area contributed by atoms with Gasteiger partial charge in [-0.2, -0.15) is 0 Å². The molecule has 0 bridgehead atoms. The smallest absolute Gasteiger partial charge is 0.341 e. The van der Waals surface area contributed by atoms with Crippen LogP contribution >= 0.6 is 11.6 Å². The van der Waals surface area contributed by atoms with E-state index < -0.39 is 18.5 Å². The largest absolute Gasteiger partial charge is 0.490 e. The zero-order valence-electron chi connectivity index (χ0n) is 22.0. The van der Waals surface area contributed by atoms with E-state index in [0.29, 0.717) is 45.4 Å². The van der Waals surface area contributed by atoms with Crippen LogP contribution in [0.5, 0.6) is 11.5 Å². The molecule has 3 aromatic rings. The molecule has 7 N–H and O–H groups in total. The molecule has 0 unspecified atom stereocenters. The molecular weight excluding hydrogens is 538 g/mol. The maximum Gasteiger partial charge on any atom is 0.341 e. The number of nitrogens with two attached hydrogens (primary N) is 1. The van der Waals surface area contributed by atoms with Gasteiger partial charge in [-0.25, -0.2) is 4.79 Å². The molecule has 11 nitrogen and oxygen atoms in total. The van der Waals surface area contributed by atoms with Crippen LogP contribution in [-0.2, 0) is 22.7 Å². The van der Waals surface area contributed by atoms with Crippen LogP contribution in [0, 0.1) is 5.41 Å². The molecule has 0 aliphatic carbocycles. The van der Waals surface area contributed by atoms with Gasteiger partial charge in [0.2, 0.25) is 5.91 Å². The second kappa shape index (κ2) is 13.9. The molecule has 0 saturated carbocycles. The van der Waals surface area contributed by atoms with Crippen LogP contribution in [0.2, 0.25) is 5.02 Å². The lowest BCUT2D eigenvalue weighted by atomic mass is 10.1. The Bertz CT molecular complexity index is 1410. The van der Waals surface area contributed by atoms with Crippen LogP contribution in [0.25, 0.3) is 0 Å². The van der Waals surface area contributed by atoms with Crippen molar-refractivity contribution in [3.8, 4) is 11.5 Å². The van der Waals surface area contributed by atoms with Crippen molar-refractivity contribution >= 4 is 46.6 Å². The SMILES string of the molecule is CCOc1cc(CNC(C)=O)cc(CNc2ccc(Cl)cc2C(=O)Nc2ccc(C(=N)N)cc2)c1OCC(=O)O. The Morgan fingerprint density at radius 1 is 1.02 bits per heavy atom. The van der Waals surface area contributed by atoms with Gasteiger partial charge in [-0.15, -0.1) is 0 Å². The average Bonchev–Trinajstić information content (AvgIpc) is 2.90. The zero-order chi connectivity index (χ0) is 29.2. The van der Waals surface area contributed by atoms with Crippen LogP contribution in [0.4, 0.5) is 11.4 Å². The van der Waals surface area contributed by atoms with Gasteiger partial charge in [0.15, 0.2) is 18.1 Å². The summed E-state index contributed by atoms with van der Waals surface area (Å²) in [6.45, 7) is 3.24. The quantitative estimate of drug-likeness (QED) is 0.133. The Morgan fingerprint density at radius 2 is 1.75 bits per heavy atom. The number of carbonyl (C=O) groups excluding carboxylic acids is 2. The molecule has 2 amide bonds. The van der Waals surface area contributed by atoms with Crippen molar-refractivity contribution < 1.29 is 29.0 Å². The average molecular weight is 568 g/mol. The first-order chi connectivity index (χ1) is 19.1.